The van der Waals surface area contributed by atoms with Crippen molar-refractivity contribution in [2.75, 3.05) is 7.11 Å². The van der Waals surface area contributed by atoms with E-state index in [0.29, 0.717) is 0 Å². The summed E-state index contributed by atoms with van der Waals surface area (Å²) in [6, 6.07) is 0. The maximum Gasteiger partial charge on any atom is 0.335 e. The Bertz CT molecular complexity index is 134. The fraction of sp³-hybridized carbons (Fsp3) is 0.500. The van der Waals surface area contributed by atoms with Gasteiger partial charge in [-0.05, 0) is 6.42 Å². The molecular weight excluding hydrogens is 120 g/mol. The van der Waals surface area contributed by atoms with Crippen LogP contribution in [0.3, 0.4) is 0 Å². The first kappa shape index (κ1) is 7.99. The molecular formula is C6H7O3. The minimum atomic E-state index is -1.23. The molecule has 49 valence electrons. The number of hydrogen-bond donors (Lipinski definition) is 1. The molecule has 0 aliphatic rings. The first-order valence-electron chi connectivity index (χ1n) is 2.38. The van der Waals surface area contributed by atoms with E-state index in [1.54, 1.807) is 0 Å². The Balaban J connectivity index is 3.62. The van der Waals surface area contributed by atoms with Crippen molar-refractivity contribution in [1.82, 2.24) is 0 Å². The summed E-state index contributed by atoms with van der Waals surface area (Å²) in [5.74, 6) is 1.15. The smallest absolute Gasteiger partial charge is 0.335 e. The van der Waals surface area contributed by atoms with Crippen LogP contribution < -0.4 is 0 Å². The molecule has 0 aliphatic heterocycles. The number of esters is 1. The highest BCUT2D eigenvalue weighted by molar-refractivity contribution is 5.74. The van der Waals surface area contributed by atoms with Crippen LogP contribution in [0.5, 0.6) is 0 Å². The minimum absolute atomic E-state index is 0.104. The molecule has 0 aromatic rings. The molecule has 1 unspecified atom stereocenters. The van der Waals surface area contributed by atoms with Gasteiger partial charge in [-0.15, -0.1) is 0 Å². The van der Waals surface area contributed by atoms with Gasteiger partial charge in [0, 0.05) is 6.42 Å². The van der Waals surface area contributed by atoms with Gasteiger partial charge in [0.05, 0.1) is 7.11 Å². The lowest BCUT2D eigenvalue weighted by atomic mass is 10.3. The topological polar surface area (TPSA) is 46.5 Å². The SMILES string of the molecule is [C]#CCC(O)C(=O)OC. The highest BCUT2D eigenvalue weighted by Crippen LogP contribution is 1.90. The number of ether oxygens (including phenoxy) is 1. The lowest BCUT2D eigenvalue weighted by Gasteiger charge is -2.01. The fourth-order valence-corrected chi connectivity index (χ4v) is 0.316. The quantitative estimate of drug-likeness (QED) is 0.402. The van der Waals surface area contributed by atoms with Gasteiger partial charge >= 0.3 is 5.97 Å². The Morgan fingerprint density at radius 3 is 2.89 bits per heavy atom. The fourth-order valence-electron chi connectivity index (χ4n) is 0.316. The molecule has 1 atom stereocenters. The molecule has 0 saturated carbocycles. The first-order chi connectivity index (χ1) is 4.22. The molecule has 1 N–H and O–H groups in total. The highest BCUT2D eigenvalue weighted by Gasteiger charge is 2.12. The molecule has 0 aromatic heterocycles. The molecule has 9 heavy (non-hydrogen) atoms. The summed E-state index contributed by atoms with van der Waals surface area (Å²) in [6.45, 7) is 0. The van der Waals surface area contributed by atoms with E-state index in [1.807, 2.05) is 5.92 Å². The first-order valence-corrected chi connectivity index (χ1v) is 2.38. The van der Waals surface area contributed by atoms with Crippen molar-refractivity contribution in [2.24, 2.45) is 0 Å². The minimum Gasteiger partial charge on any atom is -0.467 e. The lowest BCUT2D eigenvalue weighted by molar-refractivity contribution is -0.150. The molecule has 0 aromatic carbocycles. The van der Waals surface area contributed by atoms with Crippen LogP contribution in [-0.2, 0) is 9.53 Å². The van der Waals surface area contributed by atoms with Crippen molar-refractivity contribution in [2.45, 2.75) is 12.5 Å². The average molecular weight is 127 g/mol. The van der Waals surface area contributed by atoms with Crippen molar-refractivity contribution in [3.05, 3.63) is 6.42 Å². The monoisotopic (exact) mass is 127 g/mol. The van der Waals surface area contributed by atoms with Crippen LogP contribution in [0.15, 0.2) is 0 Å². The third-order valence-electron chi connectivity index (χ3n) is 0.769. The van der Waals surface area contributed by atoms with Crippen molar-refractivity contribution < 1.29 is 14.6 Å². The zero-order chi connectivity index (χ0) is 7.28. The van der Waals surface area contributed by atoms with Gasteiger partial charge < -0.3 is 9.84 Å². The summed E-state index contributed by atoms with van der Waals surface area (Å²) >= 11 is 0. The predicted octanol–water partition coefficient (Wildman–Crippen LogP) is -0.500. The van der Waals surface area contributed by atoms with E-state index in [4.69, 9.17) is 11.5 Å². The van der Waals surface area contributed by atoms with Crippen molar-refractivity contribution in [3.63, 3.8) is 0 Å². The second kappa shape index (κ2) is 3.93. The summed E-state index contributed by atoms with van der Waals surface area (Å²) in [7, 11) is 1.18. The van der Waals surface area contributed by atoms with E-state index in [2.05, 4.69) is 4.74 Å². The highest BCUT2D eigenvalue weighted by atomic mass is 16.5. The Hall–Kier alpha value is -1.01. The summed E-state index contributed by atoms with van der Waals surface area (Å²) in [5.41, 5.74) is 0. The molecule has 0 spiro atoms. The van der Waals surface area contributed by atoms with Crippen molar-refractivity contribution in [1.29, 1.82) is 0 Å². The third kappa shape index (κ3) is 2.73. The van der Waals surface area contributed by atoms with Crippen LogP contribution in [0.4, 0.5) is 0 Å². The zero-order valence-electron chi connectivity index (χ0n) is 5.05. The Morgan fingerprint density at radius 1 is 2.00 bits per heavy atom. The molecule has 3 nitrogen and oxygen atoms in total. The van der Waals surface area contributed by atoms with E-state index in [0.717, 1.165) is 0 Å². The maximum absolute atomic E-state index is 10.3. The van der Waals surface area contributed by atoms with Crippen molar-refractivity contribution >= 4 is 5.97 Å². The molecule has 1 radical (unpaired) electrons. The number of aliphatic hydroxyl groups excluding tert-OH is 1. The average Bonchev–Trinajstić information content (AvgIpc) is 1.87. The molecule has 0 bridgehead atoms. The van der Waals surface area contributed by atoms with Gasteiger partial charge in [0.2, 0.25) is 0 Å². The summed E-state index contributed by atoms with van der Waals surface area (Å²) < 4.78 is 4.15. The molecule has 0 rings (SSSR count). The van der Waals surface area contributed by atoms with Gasteiger partial charge in [-0.2, -0.15) is 0 Å². The Labute approximate surface area is 53.6 Å². The number of hydrogen-bond acceptors (Lipinski definition) is 3. The van der Waals surface area contributed by atoms with Crippen LogP contribution in [0.2, 0.25) is 0 Å². The largest absolute Gasteiger partial charge is 0.467 e. The molecule has 0 saturated heterocycles. The Morgan fingerprint density at radius 2 is 2.56 bits per heavy atom. The number of aliphatic hydroxyl groups is 1. The van der Waals surface area contributed by atoms with Crippen LogP contribution in [0.25, 0.3) is 0 Å². The van der Waals surface area contributed by atoms with Crippen LogP contribution >= 0.6 is 0 Å². The summed E-state index contributed by atoms with van der Waals surface area (Å²) in [5, 5.41) is 8.66. The summed E-state index contributed by atoms with van der Waals surface area (Å²) in [6.07, 6.45) is 5.05. The maximum atomic E-state index is 10.3. The van der Waals surface area contributed by atoms with Gasteiger partial charge in [0.15, 0.2) is 6.10 Å². The van der Waals surface area contributed by atoms with Gasteiger partial charge in [0.1, 0.15) is 0 Å². The van der Waals surface area contributed by atoms with Crippen LogP contribution in [0.1, 0.15) is 6.42 Å². The van der Waals surface area contributed by atoms with Gasteiger partial charge in [-0.1, -0.05) is 5.92 Å². The standard InChI is InChI=1S/C6H7O3/c1-3-4-5(7)6(8)9-2/h5,7H,4H2,2H3. The van der Waals surface area contributed by atoms with Crippen molar-refractivity contribution in [3.8, 4) is 5.92 Å². The molecule has 0 fully saturated rings. The van der Waals surface area contributed by atoms with E-state index >= 15 is 0 Å². The summed E-state index contributed by atoms with van der Waals surface area (Å²) in [4.78, 5) is 10.3. The molecule has 0 amide bonds. The predicted molar refractivity (Wildman–Crippen MR) is 29.8 cm³/mol. The second-order valence-corrected chi connectivity index (χ2v) is 1.42. The van der Waals surface area contributed by atoms with Gasteiger partial charge in [-0.3, -0.25) is 0 Å². The number of carbonyl (C=O) groups excluding carboxylic acids is 1. The van der Waals surface area contributed by atoms with Gasteiger partial charge in [-0.25, -0.2) is 4.79 Å². The Kier molecular flexibility index (Phi) is 3.49. The number of rotatable bonds is 2. The van der Waals surface area contributed by atoms with E-state index < -0.39 is 12.1 Å². The van der Waals surface area contributed by atoms with Crippen LogP contribution in [0, 0.1) is 12.3 Å². The third-order valence-corrected chi connectivity index (χ3v) is 0.769. The van der Waals surface area contributed by atoms with E-state index in [1.165, 1.54) is 7.11 Å². The number of carbonyl (C=O) groups is 1. The van der Waals surface area contributed by atoms with E-state index in [9.17, 15) is 4.79 Å². The lowest BCUT2D eigenvalue weighted by Crippen LogP contribution is -2.20. The zero-order valence-corrected chi connectivity index (χ0v) is 5.05. The molecule has 0 heterocycles. The molecule has 3 heteroatoms. The second-order valence-electron chi connectivity index (χ2n) is 1.42. The molecule has 0 aliphatic carbocycles. The normalized spacial score (nSPS) is 11.7. The van der Waals surface area contributed by atoms with Gasteiger partial charge in [0.25, 0.3) is 0 Å². The van der Waals surface area contributed by atoms with E-state index in [-0.39, 0.29) is 6.42 Å². The number of methoxy groups -OCH3 is 1. The van der Waals surface area contributed by atoms with Crippen LogP contribution in [-0.4, -0.2) is 24.3 Å².